The molecule has 0 aliphatic heterocycles. The molecule has 5 nitrogen and oxygen atoms in total. The molecule has 1 aliphatic carbocycles. The average Bonchev–Trinajstić information content (AvgIpc) is 3.14. The van der Waals surface area contributed by atoms with Crippen molar-refractivity contribution in [2.24, 2.45) is 4.99 Å². The minimum Gasteiger partial charge on any atom is -0.355 e. The van der Waals surface area contributed by atoms with Gasteiger partial charge >= 0.3 is 0 Å². The van der Waals surface area contributed by atoms with Crippen LogP contribution in [0.3, 0.4) is 0 Å². The van der Waals surface area contributed by atoms with Gasteiger partial charge in [-0.3, -0.25) is 4.99 Å². The molecule has 0 saturated heterocycles. The van der Waals surface area contributed by atoms with E-state index >= 15 is 0 Å². The molecule has 24 heavy (non-hydrogen) atoms. The molecule has 1 aromatic rings. The second-order valence-corrected chi connectivity index (χ2v) is 9.83. The molecule has 1 fully saturated rings. The van der Waals surface area contributed by atoms with E-state index in [0.29, 0.717) is 12.5 Å². The van der Waals surface area contributed by atoms with Crippen molar-refractivity contribution in [2.45, 2.75) is 44.4 Å². The summed E-state index contributed by atoms with van der Waals surface area (Å²) in [4.78, 5) is 5.68. The monoisotopic (exact) mass is 371 g/mol. The molecule has 0 radical (unpaired) electrons. The maximum atomic E-state index is 11.6. The summed E-state index contributed by atoms with van der Waals surface area (Å²) in [5.41, 5.74) is 0.180. The molecule has 0 bridgehead atoms. The second kappa shape index (κ2) is 8.85. The number of guanidine groups is 1. The van der Waals surface area contributed by atoms with Gasteiger partial charge in [0.15, 0.2) is 15.8 Å². The fourth-order valence-electron chi connectivity index (χ4n) is 3.26. The normalized spacial score (nSPS) is 18.3. The minimum absolute atomic E-state index is 0.139. The summed E-state index contributed by atoms with van der Waals surface area (Å²) in [5, 5.41) is 8.70. The zero-order chi connectivity index (χ0) is 17.5. The Bertz CT molecular complexity index is 618. The van der Waals surface area contributed by atoms with Crippen molar-refractivity contribution < 1.29 is 8.42 Å². The van der Waals surface area contributed by atoms with E-state index in [9.17, 15) is 8.42 Å². The Hall–Kier alpha value is -1.08. The van der Waals surface area contributed by atoms with Crippen molar-refractivity contribution in [3.8, 4) is 0 Å². The van der Waals surface area contributed by atoms with Crippen LogP contribution in [0.5, 0.6) is 0 Å². The summed E-state index contributed by atoms with van der Waals surface area (Å²) in [7, 11) is -1.23. The van der Waals surface area contributed by atoms with Crippen LogP contribution in [0, 0.1) is 0 Å². The lowest BCUT2D eigenvalue weighted by atomic mass is 9.73. The highest BCUT2D eigenvalue weighted by molar-refractivity contribution is 7.91. The zero-order valence-electron chi connectivity index (χ0n) is 14.7. The van der Waals surface area contributed by atoms with E-state index in [1.807, 2.05) is 11.3 Å². The lowest BCUT2D eigenvalue weighted by Crippen LogP contribution is -2.47. The van der Waals surface area contributed by atoms with Gasteiger partial charge in [0, 0.05) is 36.2 Å². The topological polar surface area (TPSA) is 70.6 Å². The molecule has 1 saturated carbocycles. The molecule has 136 valence electrons. The minimum atomic E-state index is -2.95. The van der Waals surface area contributed by atoms with Gasteiger partial charge in [-0.25, -0.2) is 8.42 Å². The smallest absolute Gasteiger partial charge is 0.191 e. The van der Waals surface area contributed by atoms with Crippen LogP contribution in [0.4, 0.5) is 0 Å². The number of rotatable bonds is 7. The van der Waals surface area contributed by atoms with E-state index in [1.54, 1.807) is 14.0 Å². The quantitative estimate of drug-likeness (QED) is 0.571. The van der Waals surface area contributed by atoms with Crippen LogP contribution < -0.4 is 10.6 Å². The number of thiophene rings is 1. The standard InChI is InChI=1S/C17H29N3O2S2/c1-3-24(21,22)13-11-19-16(18-2)20-14-17(9-5-4-6-10-17)15-8-7-12-23-15/h7-8,12H,3-6,9-11,13-14H2,1-2H3,(H2,18,19,20). The summed E-state index contributed by atoms with van der Waals surface area (Å²) in [6, 6.07) is 4.36. The fraction of sp³-hybridized carbons (Fsp3) is 0.706. The Kier molecular flexibility index (Phi) is 7.10. The van der Waals surface area contributed by atoms with Crippen LogP contribution in [0.15, 0.2) is 22.5 Å². The second-order valence-electron chi connectivity index (χ2n) is 6.41. The largest absolute Gasteiger partial charge is 0.355 e. The molecule has 1 aromatic heterocycles. The van der Waals surface area contributed by atoms with Gasteiger partial charge in [0.2, 0.25) is 0 Å². The Morgan fingerprint density at radius 3 is 2.62 bits per heavy atom. The van der Waals surface area contributed by atoms with Crippen LogP contribution in [0.1, 0.15) is 43.9 Å². The number of nitrogens with one attached hydrogen (secondary N) is 2. The van der Waals surface area contributed by atoms with E-state index in [0.717, 1.165) is 6.54 Å². The lowest BCUT2D eigenvalue weighted by Gasteiger charge is -2.37. The molecule has 7 heteroatoms. The molecule has 2 rings (SSSR count). The molecule has 1 aliphatic rings. The maximum Gasteiger partial charge on any atom is 0.191 e. The van der Waals surface area contributed by atoms with E-state index in [2.05, 4.69) is 33.1 Å². The third kappa shape index (κ3) is 5.21. The summed E-state index contributed by atoms with van der Waals surface area (Å²) >= 11 is 1.83. The molecular formula is C17H29N3O2S2. The van der Waals surface area contributed by atoms with Gasteiger partial charge in [0.05, 0.1) is 5.75 Å². The van der Waals surface area contributed by atoms with Gasteiger partial charge in [-0.15, -0.1) is 11.3 Å². The van der Waals surface area contributed by atoms with Crippen molar-refractivity contribution >= 4 is 27.1 Å². The Labute approximate surface area is 149 Å². The van der Waals surface area contributed by atoms with Gasteiger partial charge < -0.3 is 10.6 Å². The molecule has 0 aromatic carbocycles. The number of aliphatic imine (C=N–C) groups is 1. The van der Waals surface area contributed by atoms with Gasteiger partial charge in [0.25, 0.3) is 0 Å². The SMILES string of the molecule is CCS(=O)(=O)CCNC(=NC)NCC1(c2cccs2)CCCCC1. The number of hydrogen-bond acceptors (Lipinski definition) is 4. The number of sulfone groups is 1. The molecular weight excluding hydrogens is 342 g/mol. The van der Waals surface area contributed by atoms with E-state index < -0.39 is 9.84 Å². The Balaban J connectivity index is 1.93. The summed E-state index contributed by atoms with van der Waals surface area (Å²) in [6.45, 7) is 2.91. The third-order valence-corrected chi connectivity index (χ3v) is 7.64. The van der Waals surface area contributed by atoms with Gasteiger partial charge in [-0.05, 0) is 24.3 Å². The van der Waals surface area contributed by atoms with E-state index in [4.69, 9.17) is 0 Å². The molecule has 0 unspecified atom stereocenters. The molecule has 2 N–H and O–H groups in total. The first-order valence-electron chi connectivity index (χ1n) is 8.70. The molecule has 0 spiro atoms. The summed E-state index contributed by atoms with van der Waals surface area (Å²) in [5.74, 6) is 1.01. The van der Waals surface area contributed by atoms with Crippen LogP contribution in [-0.4, -0.2) is 46.0 Å². The van der Waals surface area contributed by atoms with Crippen LogP contribution in [0.2, 0.25) is 0 Å². The highest BCUT2D eigenvalue weighted by atomic mass is 32.2. The number of nitrogens with zero attached hydrogens (tertiary/aromatic N) is 1. The van der Waals surface area contributed by atoms with Crippen LogP contribution in [0.25, 0.3) is 0 Å². The summed E-state index contributed by atoms with van der Waals surface area (Å²) in [6.07, 6.45) is 6.24. The van der Waals surface area contributed by atoms with Crippen LogP contribution >= 0.6 is 11.3 Å². The van der Waals surface area contributed by atoms with E-state index in [-0.39, 0.29) is 16.9 Å². The summed E-state index contributed by atoms with van der Waals surface area (Å²) < 4.78 is 23.2. The first kappa shape index (κ1) is 19.2. The molecule has 0 atom stereocenters. The Morgan fingerprint density at radius 1 is 1.29 bits per heavy atom. The van der Waals surface area contributed by atoms with Crippen molar-refractivity contribution in [3.63, 3.8) is 0 Å². The third-order valence-electron chi connectivity index (χ3n) is 4.82. The van der Waals surface area contributed by atoms with Crippen molar-refractivity contribution in [1.82, 2.24) is 10.6 Å². The fourth-order valence-corrected chi connectivity index (χ4v) is 4.95. The highest BCUT2D eigenvalue weighted by Gasteiger charge is 2.34. The van der Waals surface area contributed by atoms with Crippen LogP contribution in [-0.2, 0) is 15.3 Å². The van der Waals surface area contributed by atoms with Gasteiger partial charge in [0.1, 0.15) is 0 Å². The first-order chi connectivity index (χ1) is 11.5. The predicted octanol–water partition coefficient (Wildman–Crippen LogP) is 2.55. The maximum absolute atomic E-state index is 11.6. The zero-order valence-corrected chi connectivity index (χ0v) is 16.3. The first-order valence-corrected chi connectivity index (χ1v) is 11.4. The lowest BCUT2D eigenvalue weighted by molar-refractivity contribution is 0.296. The average molecular weight is 372 g/mol. The van der Waals surface area contributed by atoms with Crippen molar-refractivity contribution in [2.75, 3.05) is 31.6 Å². The van der Waals surface area contributed by atoms with Gasteiger partial charge in [-0.1, -0.05) is 32.3 Å². The predicted molar refractivity (Wildman–Crippen MR) is 103 cm³/mol. The Morgan fingerprint density at radius 2 is 2.04 bits per heavy atom. The van der Waals surface area contributed by atoms with E-state index in [1.165, 1.54) is 37.0 Å². The molecule has 0 amide bonds. The highest BCUT2D eigenvalue weighted by Crippen LogP contribution is 2.41. The number of hydrogen-bond donors (Lipinski definition) is 2. The molecule has 1 heterocycles. The van der Waals surface area contributed by atoms with Gasteiger partial charge in [-0.2, -0.15) is 0 Å². The van der Waals surface area contributed by atoms with Crippen molar-refractivity contribution in [1.29, 1.82) is 0 Å². The van der Waals surface area contributed by atoms with Crippen molar-refractivity contribution in [3.05, 3.63) is 22.4 Å².